The third kappa shape index (κ3) is 6.46. The largest absolute Gasteiger partial charge is 0.497 e. The molecule has 6 heteroatoms. The van der Waals surface area contributed by atoms with Gasteiger partial charge in [0.15, 0.2) is 5.96 Å². The molecule has 1 fully saturated rings. The summed E-state index contributed by atoms with van der Waals surface area (Å²) >= 11 is 0. The van der Waals surface area contributed by atoms with Crippen LogP contribution in [0.2, 0.25) is 0 Å². The van der Waals surface area contributed by atoms with E-state index < -0.39 is 0 Å². The standard InChI is InChI=1S/C23H33N5O/c1-3-25-23(26-14-12-19-7-6-13-24-17-19)27-18-22(28-15-4-5-16-28)20-8-10-21(29-2)11-9-20/h6-11,13,17,22H,3-5,12,14-16,18H2,1-2H3,(H2,25,26,27). The van der Waals surface area contributed by atoms with Crippen molar-refractivity contribution >= 4 is 5.96 Å². The summed E-state index contributed by atoms with van der Waals surface area (Å²) in [6.07, 6.45) is 7.17. The van der Waals surface area contributed by atoms with Crippen LogP contribution in [-0.4, -0.2) is 55.7 Å². The van der Waals surface area contributed by atoms with Gasteiger partial charge in [-0.15, -0.1) is 0 Å². The van der Waals surface area contributed by atoms with E-state index in [2.05, 4.69) is 45.6 Å². The highest BCUT2D eigenvalue weighted by molar-refractivity contribution is 5.79. The van der Waals surface area contributed by atoms with E-state index >= 15 is 0 Å². The molecule has 6 nitrogen and oxygen atoms in total. The van der Waals surface area contributed by atoms with Crippen LogP contribution in [0.1, 0.15) is 36.9 Å². The number of nitrogens with zero attached hydrogens (tertiary/aromatic N) is 3. The molecule has 1 aliphatic heterocycles. The Bertz CT molecular complexity index is 742. The summed E-state index contributed by atoms with van der Waals surface area (Å²) in [5, 5.41) is 6.83. The molecule has 1 aliphatic rings. The molecule has 0 radical (unpaired) electrons. The first-order chi connectivity index (χ1) is 14.3. The number of rotatable bonds is 9. The Labute approximate surface area is 174 Å². The molecule has 29 heavy (non-hydrogen) atoms. The number of aromatic nitrogens is 1. The van der Waals surface area contributed by atoms with Crippen LogP contribution in [0.3, 0.4) is 0 Å². The van der Waals surface area contributed by atoms with Gasteiger partial charge in [0.25, 0.3) is 0 Å². The molecule has 1 atom stereocenters. The zero-order valence-corrected chi connectivity index (χ0v) is 17.6. The Morgan fingerprint density at radius 3 is 2.62 bits per heavy atom. The van der Waals surface area contributed by atoms with Gasteiger partial charge >= 0.3 is 0 Å². The number of guanidine groups is 1. The van der Waals surface area contributed by atoms with Crippen LogP contribution >= 0.6 is 0 Å². The first kappa shape index (κ1) is 21.1. The summed E-state index contributed by atoms with van der Waals surface area (Å²) in [6, 6.07) is 12.8. The topological polar surface area (TPSA) is 61.8 Å². The molecule has 1 aromatic carbocycles. The van der Waals surface area contributed by atoms with E-state index in [0.29, 0.717) is 0 Å². The zero-order valence-electron chi connectivity index (χ0n) is 17.6. The first-order valence-electron chi connectivity index (χ1n) is 10.6. The van der Waals surface area contributed by atoms with Crippen LogP contribution in [-0.2, 0) is 6.42 Å². The van der Waals surface area contributed by atoms with Crippen molar-refractivity contribution in [2.75, 3.05) is 39.8 Å². The lowest BCUT2D eigenvalue weighted by Gasteiger charge is -2.27. The minimum absolute atomic E-state index is 0.289. The van der Waals surface area contributed by atoms with Gasteiger partial charge in [-0.2, -0.15) is 0 Å². The molecule has 0 aliphatic carbocycles. The number of aliphatic imine (C=N–C) groups is 1. The van der Waals surface area contributed by atoms with Gasteiger partial charge < -0.3 is 15.4 Å². The summed E-state index contributed by atoms with van der Waals surface area (Å²) in [7, 11) is 1.71. The predicted molar refractivity (Wildman–Crippen MR) is 118 cm³/mol. The lowest BCUT2D eigenvalue weighted by Crippen LogP contribution is -2.39. The molecule has 2 aromatic rings. The molecule has 3 rings (SSSR count). The van der Waals surface area contributed by atoms with Crippen molar-refractivity contribution in [2.24, 2.45) is 4.99 Å². The molecular weight excluding hydrogens is 362 g/mol. The molecular formula is C23H33N5O. The highest BCUT2D eigenvalue weighted by Gasteiger charge is 2.23. The molecule has 2 N–H and O–H groups in total. The molecule has 0 saturated carbocycles. The van der Waals surface area contributed by atoms with Crippen molar-refractivity contribution in [1.29, 1.82) is 0 Å². The smallest absolute Gasteiger partial charge is 0.191 e. The van der Waals surface area contributed by atoms with E-state index in [1.165, 1.54) is 24.0 Å². The Balaban J connectivity index is 1.65. The summed E-state index contributed by atoms with van der Waals surface area (Å²) in [4.78, 5) is 11.6. The molecule has 156 valence electrons. The second kappa shape index (κ2) is 11.4. The van der Waals surface area contributed by atoms with Crippen LogP contribution in [0.5, 0.6) is 5.75 Å². The monoisotopic (exact) mass is 395 g/mol. The van der Waals surface area contributed by atoms with Crippen molar-refractivity contribution in [3.8, 4) is 5.75 Å². The molecule has 1 unspecified atom stereocenters. The Morgan fingerprint density at radius 1 is 1.17 bits per heavy atom. The molecule has 0 spiro atoms. The van der Waals surface area contributed by atoms with Gasteiger partial charge in [-0.25, -0.2) is 0 Å². The second-order valence-corrected chi connectivity index (χ2v) is 7.29. The van der Waals surface area contributed by atoms with Crippen LogP contribution in [0.15, 0.2) is 53.8 Å². The average Bonchev–Trinajstić information content (AvgIpc) is 3.29. The minimum atomic E-state index is 0.289. The average molecular weight is 396 g/mol. The zero-order chi connectivity index (χ0) is 20.3. The van der Waals surface area contributed by atoms with Crippen molar-refractivity contribution in [2.45, 2.75) is 32.2 Å². The van der Waals surface area contributed by atoms with Crippen molar-refractivity contribution in [3.63, 3.8) is 0 Å². The van der Waals surface area contributed by atoms with Crippen LogP contribution in [0.25, 0.3) is 0 Å². The number of hydrogen-bond acceptors (Lipinski definition) is 4. The molecule has 1 aromatic heterocycles. The highest BCUT2D eigenvalue weighted by atomic mass is 16.5. The highest BCUT2D eigenvalue weighted by Crippen LogP contribution is 2.27. The van der Waals surface area contributed by atoms with Crippen LogP contribution < -0.4 is 15.4 Å². The summed E-state index contributed by atoms with van der Waals surface area (Å²) in [5.74, 6) is 1.76. The number of nitrogens with one attached hydrogen (secondary N) is 2. The Kier molecular flexibility index (Phi) is 8.31. The fourth-order valence-corrected chi connectivity index (χ4v) is 3.70. The van der Waals surface area contributed by atoms with E-state index in [1.807, 2.05) is 24.4 Å². The third-order valence-corrected chi connectivity index (χ3v) is 5.28. The summed E-state index contributed by atoms with van der Waals surface area (Å²) in [5.41, 5.74) is 2.52. The van der Waals surface area contributed by atoms with Crippen molar-refractivity contribution in [1.82, 2.24) is 20.5 Å². The summed E-state index contributed by atoms with van der Waals surface area (Å²) < 4.78 is 5.32. The van der Waals surface area contributed by atoms with Crippen LogP contribution in [0.4, 0.5) is 0 Å². The van der Waals surface area contributed by atoms with E-state index in [4.69, 9.17) is 9.73 Å². The molecule has 1 saturated heterocycles. The van der Waals surface area contributed by atoms with E-state index in [1.54, 1.807) is 13.3 Å². The van der Waals surface area contributed by atoms with Crippen LogP contribution in [0, 0.1) is 0 Å². The maximum atomic E-state index is 5.32. The van der Waals surface area contributed by atoms with Gasteiger partial charge in [0, 0.05) is 25.5 Å². The lowest BCUT2D eigenvalue weighted by molar-refractivity contribution is 0.251. The Morgan fingerprint density at radius 2 is 1.97 bits per heavy atom. The minimum Gasteiger partial charge on any atom is -0.497 e. The van der Waals surface area contributed by atoms with Gasteiger partial charge in [0.1, 0.15) is 5.75 Å². The SMILES string of the molecule is CCNC(=NCC(c1ccc(OC)cc1)N1CCCC1)NCCc1cccnc1. The third-order valence-electron chi connectivity index (χ3n) is 5.28. The van der Waals surface area contributed by atoms with Gasteiger partial charge in [-0.3, -0.25) is 14.9 Å². The molecule has 0 bridgehead atoms. The Hall–Kier alpha value is -2.60. The maximum absolute atomic E-state index is 5.32. The van der Waals surface area contributed by atoms with Crippen molar-refractivity contribution in [3.05, 3.63) is 59.9 Å². The number of pyridine rings is 1. The number of ether oxygens (including phenoxy) is 1. The normalized spacial score (nSPS) is 15.9. The predicted octanol–water partition coefficient (Wildman–Crippen LogP) is 3.02. The van der Waals surface area contributed by atoms with E-state index in [9.17, 15) is 0 Å². The first-order valence-corrected chi connectivity index (χ1v) is 10.6. The van der Waals surface area contributed by atoms with Gasteiger partial charge in [-0.1, -0.05) is 18.2 Å². The van der Waals surface area contributed by atoms with E-state index in [-0.39, 0.29) is 6.04 Å². The molecule has 2 heterocycles. The number of methoxy groups -OCH3 is 1. The van der Waals surface area contributed by atoms with Crippen molar-refractivity contribution < 1.29 is 4.74 Å². The van der Waals surface area contributed by atoms with Gasteiger partial charge in [-0.05, 0) is 68.6 Å². The fourth-order valence-electron chi connectivity index (χ4n) is 3.70. The number of hydrogen-bond donors (Lipinski definition) is 2. The van der Waals surface area contributed by atoms with E-state index in [0.717, 1.165) is 50.9 Å². The fraction of sp³-hybridized carbons (Fsp3) is 0.478. The molecule has 0 amide bonds. The van der Waals surface area contributed by atoms with Gasteiger partial charge in [0.05, 0.1) is 19.7 Å². The number of likely N-dealkylation sites (tertiary alicyclic amines) is 1. The quantitative estimate of drug-likeness (QED) is 0.505. The summed E-state index contributed by atoms with van der Waals surface area (Å²) in [6.45, 7) is 6.77. The second-order valence-electron chi connectivity index (χ2n) is 7.29. The van der Waals surface area contributed by atoms with Gasteiger partial charge in [0.2, 0.25) is 0 Å². The lowest BCUT2D eigenvalue weighted by atomic mass is 10.1. The maximum Gasteiger partial charge on any atom is 0.191 e. The number of benzene rings is 1.